The molecule has 0 spiro atoms. The zero-order valence-corrected chi connectivity index (χ0v) is 16.2. The van der Waals surface area contributed by atoms with Crippen LogP contribution in [0.15, 0.2) is 18.2 Å². The molecule has 150 valence electrons. The van der Waals surface area contributed by atoms with Crippen molar-refractivity contribution in [1.29, 1.82) is 0 Å². The molecule has 7 heteroatoms. The number of likely N-dealkylation sites (tertiary alicyclic amines) is 2. The van der Waals surface area contributed by atoms with Crippen LogP contribution < -0.4 is 10.1 Å². The van der Waals surface area contributed by atoms with Gasteiger partial charge in [-0.15, -0.1) is 0 Å². The van der Waals surface area contributed by atoms with E-state index in [1.54, 1.807) is 17.0 Å². The molecule has 1 aromatic carbocycles. The molecule has 1 amide bonds. The molecule has 3 rings (SSSR count). The lowest BCUT2D eigenvalue weighted by Crippen LogP contribution is -2.59. The van der Waals surface area contributed by atoms with Crippen molar-refractivity contribution < 1.29 is 19.0 Å². The van der Waals surface area contributed by atoms with E-state index in [-0.39, 0.29) is 18.3 Å². The van der Waals surface area contributed by atoms with Crippen molar-refractivity contribution in [1.82, 2.24) is 15.1 Å². The number of aliphatic hydroxyl groups is 1. The average molecular weight is 379 g/mol. The fourth-order valence-electron chi connectivity index (χ4n) is 4.12. The maximum atomic E-state index is 14.2. The van der Waals surface area contributed by atoms with Crippen molar-refractivity contribution in [2.45, 2.75) is 43.9 Å². The summed E-state index contributed by atoms with van der Waals surface area (Å²) in [5.74, 6) is -0.114. The Morgan fingerprint density at radius 3 is 2.74 bits per heavy atom. The molecule has 1 atom stereocenters. The number of piperidine rings is 2. The van der Waals surface area contributed by atoms with Gasteiger partial charge in [0.25, 0.3) is 5.91 Å². The predicted octanol–water partition coefficient (Wildman–Crippen LogP) is 1.37. The summed E-state index contributed by atoms with van der Waals surface area (Å²) >= 11 is 0. The molecule has 2 saturated heterocycles. The van der Waals surface area contributed by atoms with Crippen LogP contribution in [0, 0.1) is 5.82 Å². The Hall–Kier alpha value is -1.70. The van der Waals surface area contributed by atoms with E-state index in [4.69, 9.17) is 4.74 Å². The molecule has 2 N–H and O–H groups in total. The molecule has 27 heavy (non-hydrogen) atoms. The number of carbonyl (C=O) groups excluding carboxylic acids is 1. The van der Waals surface area contributed by atoms with E-state index in [2.05, 4.69) is 10.2 Å². The van der Waals surface area contributed by atoms with Gasteiger partial charge >= 0.3 is 0 Å². The number of amides is 1. The highest BCUT2D eigenvalue weighted by Crippen LogP contribution is 2.28. The number of rotatable bonds is 6. The van der Waals surface area contributed by atoms with E-state index >= 15 is 0 Å². The van der Waals surface area contributed by atoms with Crippen LogP contribution in [0.3, 0.4) is 0 Å². The number of nitrogens with zero attached hydrogens (tertiary/aromatic N) is 2. The van der Waals surface area contributed by atoms with E-state index in [0.29, 0.717) is 43.3 Å². The molecule has 0 aliphatic carbocycles. The van der Waals surface area contributed by atoms with Crippen molar-refractivity contribution >= 4 is 5.91 Å². The van der Waals surface area contributed by atoms with Gasteiger partial charge in [0.2, 0.25) is 0 Å². The van der Waals surface area contributed by atoms with Crippen molar-refractivity contribution in [3.8, 4) is 5.75 Å². The van der Waals surface area contributed by atoms with Gasteiger partial charge < -0.3 is 20.1 Å². The lowest BCUT2D eigenvalue weighted by atomic mass is 9.90. The van der Waals surface area contributed by atoms with Gasteiger partial charge in [-0.3, -0.25) is 9.69 Å². The average Bonchev–Trinajstić information content (AvgIpc) is 2.68. The minimum absolute atomic E-state index is 0.145. The van der Waals surface area contributed by atoms with Crippen LogP contribution in [0.5, 0.6) is 5.75 Å². The Balaban J connectivity index is 1.66. The van der Waals surface area contributed by atoms with Gasteiger partial charge in [-0.2, -0.15) is 0 Å². The second-order valence-electron chi connectivity index (χ2n) is 7.66. The van der Waals surface area contributed by atoms with E-state index < -0.39 is 5.60 Å². The molecular weight excluding hydrogens is 349 g/mol. The number of nitrogens with one attached hydrogen (secondary N) is 1. The zero-order valence-electron chi connectivity index (χ0n) is 16.2. The molecule has 2 fully saturated rings. The molecule has 0 saturated carbocycles. The van der Waals surface area contributed by atoms with E-state index in [1.807, 2.05) is 7.05 Å². The van der Waals surface area contributed by atoms with Crippen molar-refractivity contribution in [3.05, 3.63) is 29.6 Å². The summed E-state index contributed by atoms with van der Waals surface area (Å²) in [5.41, 5.74) is -0.984. The highest BCUT2D eigenvalue weighted by Gasteiger charge is 2.43. The molecule has 2 heterocycles. The summed E-state index contributed by atoms with van der Waals surface area (Å²) in [6.07, 6.45) is 3.19. The lowest BCUT2D eigenvalue weighted by Gasteiger charge is -2.42. The first-order chi connectivity index (χ1) is 12.9. The molecule has 2 aliphatic heterocycles. The quantitative estimate of drug-likeness (QED) is 0.782. The van der Waals surface area contributed by atoms with Gasteiger partial charge in [0.1, 0.15) is 11.6 Å². The van der Waals surface area contributed by atoms with Gasteiger partial charge in [0, 0.05) is 31.2 Å². The SMILES string of the molecule is CNC1CCN(C[C@]2(O)CCCN(Cc3cc(OC)ccc3F)C2=O)CC1. The smallest absolute Gasteiger partial charge is 0.256 e. The Kier molecular flexibility index (Phi) is 6.34. The Labute approximate surface area is 160 Å². The van der Waals surface area contributed by atoms with Crippen LogP contribution in [-0.2, 0) is 11.3 Å². The Morgan fingerprint density at radius 2 is 2.07 bits per heavy atom. The van der Waals surface area contributed by atoms with Gasteiger partial charge in [-0.1, -0.05) is 0 Å². The van der Waals surface area contributed by atoms with Crippen LogP contribution in [-0.4, -0.2) is 72.8 Å². The maximum absolute atomic E-state index is 14.2. The third-order valence-electron chi connectivity index (χ3n) is 5.80. The predicted molar refractivity (Wildman–Crippen MR) is 101 cm³/mol. The number of halogens is 1. The minimum atomic E-state index is -1.39. The fraction of sp³-hybridized carbons (Fsp3) is 0.650. The second kappa shape index (κ2) is 8.54. The van der Waals surface area contributed by atoms with Crippen LogP contribution in [0.2, 0.25) is 0 Å². The topological polar surface area (TPSA) is 65.0 Å². The number of hydrogen-bond acceptors (Lipinski definition) is 5. The number of carbonyl (C=O) groups is 1. The standard InChI is InChI=1S/C20H30FN3O3/c1-22-16-6-10-23(11-7-16)14-20(26)8-3-9-24(19(20)25)13-15-12-17(27-2)4-5-18(15)21/h4-5,12,16,22,26H,3,6-11,13-14H2,1-2H3/t20-/m1/s1. The van der Waals surface area contributed by atoms with Crippen LogP contribution in [0.25, 0.3) is 0 Å². The lowest BCUT2D eigenvalue weighted by molar-refractivity contribution is -0.160. The molecular formula is C20H30FN3O3. The normalized spacial score (nSPS) is 25.0. The summed E-state index contributed by atoms with van der Waals surface area (Å²) in [4.78, 5) is 16.7. The van der Waals surface area contributed by atoms with E-state index in [0.717, 1.165) is 25.9 Å². The highest BCUT2D eigenvalue weighted by atomic mass is 19.1. The van der Waals surface area contributed by atoms with Crippen LogP contribution >= 0.6 is 0 Å². The zero-order chi connectivity index (χ0) is 19.4. The number of benzene rings is 1. The summed E-state index contributed by atoms with van der Waals surface area (Å²) in [5, 5.41) is 14.4. The maximum Gasteiger partial charge on any atom is 0.256 e. The largest absolute Gasteiger partial charge is 0.497 e. The second-order valence-corrected chi connectivity index (χ2v) is 7.66. The van der Waals surface area contributed by atoms with Crippen molar-refractivity contribution in [2.24, 2.45) is 0 Å². The number of ether oxygens (including phenoxy) is 1. The molecule has 0 unspecified atom stereocenters. The van der Waals surface area contributed by atoms with E-state index in [1.165, 1.54) is 13.2 Å². The van der Waals surface area contributed by atoms with Crippen LogP contribution in [0.1, 0.15) is 31.2 Å². The number of methoxy groups -OCH3 is 1. The Bertz CT molecular complexity index is 664. The summed E-state index contributed by atoms with van der Waals surface area (Å²) in [7, 11) is 3.49. The first-order valence-corrected chi connectivity index (χ1v) is 9.69. The molecule has 0 bridgehead atoms. The third kappa shape index (κ3) is 4.59. The van der Waals surface area contributed by atoms with Gasteiger partial charge in [-0.05, 0) is 64.0 Å². The molecule has 0 aromatic heterocycles. The molecule has 6 nitrogen and oxygen atoms in total. The van der Waals surface area contributed by atoms with E-state index in [9.17, 15) is 14.3 Å². The summed E-state index contributed by atoms with van der Waals surface area (Å²) in [6, 6.07) is 5.02. The monoisotopic (exact) mass is 379 g/mol. The first-order valence-electron chi connectivity index (χ1n) is 9.69. The Morgan fingerprint density at radius 1 is 1.33 bits per heavy atom. The fourth-order valence-corrected chi connectivity index (χ4v) is 4.12. The van der Waals surface area contributed by atoms with Crippen molar-refractivity contribution in [2.75, 3.05) is 40.3 Å². The van der Waals surface area contributed by atoms with Gasteiger partial charge in [-0.25, -0.2) is 4.39 Å². The highest BCUT2D eigenvalue weighted by molar-refractivity contribution is 5.86. The molecule has 1 aromatic rings. The minimum Gasteiger partial charge on any atom is -0.497 e. The van der Waals surface area contributed by atoms with Gasteiger partial charge in [0.05, 0.1) is 7.11 Å². The third-order valence-corrected chi connectivity index (χ3v) is 5.80. The number of hydrogen-bond donors (Lipinski definition) is 2. The van der Waals surface area contributed by atoms with Crippen molar-refractivity contribution in [3.63, 3.8) is 0 Å². The summed E-state index contributed by atoms with van der Waals surface area (Å²) in [6.45, 7) is 2.75. The molecule has 2 aliphatic rings. The molecule has 0 radical (unpaired) electrons. The summed E-state index contributed by atoms with van der Waals surface area (Å²) < 4.78 is 19.3. The van der Waals surface area contributed by atoms with Crippen LogP contribution in [0.4, 0.5) is 4.39 Å². The first kappa shape index (κ1) is 20.0. The number of β-amino-alcohol motifs (C(OH)–C–C–N with tert-alkyl or cyclic N) is 1. The van der Waals surface area contributed by atoms with Gasteiger partial charge in [0.15, 0.2) is 5.60 Å².